The molecule has 1 N–H and O–H groups in total. The summed E-state index contributed by atoms with van der Waals surface area (Å²) in [6.07, 6.45) is 3.72. The van der Waals surface area contributed by atoms with Crippen molar-refractivity contribution in [2.75, 3.05) is 0 Å². The van der Waals surface area contributed by atoms with Crippen LogP contribution < -0.4 is 10.4 Å². The number of hydrogen-bond donors (Lipinski definition) is 1. The second kappa shape index (κ2) is 12.2. The predicted octanol–water partition coefficient (Wildman–Crippen LogP) is 5.67. The second-order valence-corrected chi connectivity index (χ2v) is 9.27. The van der Waals surface area contributed by atoms with Gasteiger partial charge in [0.25, 0.3) is 0 Å². The molecule has 7 nitrogen and oxygen atoms in total. The third kappa shape index (κ3) is 5.94. The van der Waals surface area contributed by atoms with E-state index in [0.717, 1.165) is 41.0 Å². The van der Waals surface area contributed by atoms with Gasteiger partial charge >= 0.3 is 11.7 Å². The summed E-state index contributed by atoms with van der Waals surface area (Å²) < 4.78 is 9.20. The summed E-state index contributed by atoms with van der Waals surface area (Å²) in [4.78, 5) is 25.5. The van der Waals surface area contributed by atoms with E-state index in [1.165, 1.54) is 4.68 Å². The molecule has 3 aromatic carbocycles. The molecule has 1 aromatic heterocycles. The lowest BCUT2D eigenvalue weighted by atomic mass is 10.1. The average Bonchev–Trinajstić information content (AvgIpc) is 3.22. The molecule has 0 aliphatic carbocycles. The Morgan fingerprint density at radius 1 is 1.11 bits per heavy atom. The number of rotatable bonds is 12. The van der Waals surface area contributed by atoms with Gasteiger partial charge in [0.15, 0.2) is 0 Å². The van der Waals surface area contributed by atoms with Gasteiger partial charge in [-0.3, -0.25) is 4.57 Å². The molecule has 0 aliphatic rings. The summed E-state index contributed by atoms with van der Waals surface area (Å²) in [5.74, 6) is 0.139. The topological polar surface area (TPSA) is 86.4 Å². The minimum Gasteiger partial charge on any atom is -0.478 e. The van der Waals surface area contributed by atoms with Crippen LogP contribution in [-0.4, -0.2) is 25.4 Å². The molecular weight excluding hydrogens is 478 g/mol. The van der Waals surface area contributed by atoms with Gasteiger partial charge in [-0.2, -0.15) is 4.68 Å². The van der Waals surface area contributed by atoms with Crippen molar-refractivity contribution < 1.29 is 14.6 Å². The molecule has 1 heterocycles. The maximum atomic E-state index is 13.5. The van der Waals surface area contributed by atoms with Gasteiger partial charge in [0.1, 0.15) is 11.6 Å². The highest BCUT2D eigenvalue weighted by Crippen LogP contribution is 2.28. The van der Waals surface area contributed by atoms with E-state index in [2.05, 4.69) is 13.5 Å². The molecule has 0 saturated carbocycles. The average molecular weight is 512 g/mol. The number of aliphatic carboxylic acids is 1. The van der Waals surface area contributed by atoms with Crippen molar-refractivity contribution in [3.8, 4) is 11.4 Å². The summed E-state index contributed by atoms with van der Waals surface area (Å²) in [5, 5.41) is 14.5. The van der Waals surface area contributed by atoms with Crippen molar-refractivity contribution in [1.82, 2.24) is 14.3 Å². The molecule has 0 radical (unpaired) electrons. The van der Waals surface area contributed by atoms with Crippen LogP contribution in [-0.2, 0) is 24.2 Å². The highest BCUT2D eigenvalue weighted by Gasteiger charge is 2.23. The molecule has 4 aromatic rings. The van der Waals surface area contributed by atoms with E-state index in [9.17, 15) is 14.7 Å². The van der Waals surface area contributed by atoms with Crippen LogP contribution in [0.4, 0.5) is 0 Å². The molecule has 0 aliphatic heterocycles. The van der Waals surface area contributed by atoms with E-state index in [0.29, 0.717) is 30.7 Å². The fraction of sp³-hybridized carbons (Fsp3) is 0.258. The normalized spacial score (nSPS) is 11.7. The summed E-state index contributed by atoms with van der Waals surface area (Å²) in [6.45, 7) is 8.27. The maximum Gasteiger partial charge on any atom is 0.351 e. The number of benzene rings is 3. The fourth-order valence-electron chi connectivity index (χ4n) is 4.43. The van der Waals surface area contributed by atoms with Gasteiger partial charge in [0, 0.05) is 12.0 Å². The third-order valence-electron chi connectivity index (χ3n) is 6.44. The zero-order chi connectivity index (χ0) is 27.1. The van der Waals surface area contributed by atoms with Crippen LogP contribution in [0, 0.1) is 6.92 Å². The van der Waals surface area contributed by atoms with Gasteiger partial charge in [-0.15, -0.1) is 11.7 Å². The van der Waals surface area contributed by atoms with E-state index in [1.807, 2.05) is 49.4 Å². The molecule has 7 heteroatoms. The monoisotopic (exact) mass is 511 g/mol. The molecule has 0 spiro atoms. The van der Waals surface area contributed by atoms with Crippen molar-refractivity contribution in [1.29, 1.82) is 0 Å². The van der Waals surface area contributed by atoms with Crippen LogP contribution in [0.5, 0.6) is 5.75 Å². The quantitative estimate of drug-likeness (QED) is 0.248. The minimum atomic E-state index is -1.14. The van der Waals surface area contributed by atoms with Gasteiger partial charge in [-0.05, 0) is 54.7 Å². The van der Waals surface area contributed by atoms with E-state index in [1.54, 1.807) is 41.0 Å². The molecule has 0 saturated heterocycles. The Hall–Kier alpha value is -4.39. The first-order chi connectivity index (χ1) is 18.4. The number of carbonyl (C=O) groups is 1. The van der Waals surface area contributed by atoms with Crippen LogP contribution in [0.3, 0.4) is 0 Å². The van der Waals surface area contributed by atoms with Crippen molar-refractivity contribution in [2.24, 2.45) is 0 Å². The van der Waals surface area contributed by atoms with Crippen LogP contribution in [0.25, 0.3) is 5.69 Å². The number of para-hydroxylation sites is 1. The molecule has 1 unspecified atom stereocenters. The van der Waals surface area contributed by atoms with Crippen molar-refractivity contribution in [2.45, 2.75) is 52.2 Å². The van der Waals surface area contributed by atoms with Gasteiger partial charge in [-0.25, -0.2) is 9.59 Å². The fourth-order valence-corrected chi connectivity index (χ4v) is 4.43. The number of carboxylic acid groups (broad SMARTS) is 1. The number of aromatic nitrogens is 3. The van der Waals surface area contributed by atoms with E-state index in [4.69, 9.17) is 9.84 Å². The van der Waals surface area contributed by atoms with E-state index in [-0.39, 0.29) is 5.69 Å². The Balaban J connectivity index is 1.69. The minimum absolute atomic E-state index is 0.189. The van der Waals surface area contributed by atoms with E-state index >= 15 is 0 Å². The Morgan fingerprint density at radius 3 is 2.53 bits per heavy atom. The number of unbranched alkanes of at least 4 members (excludes halogenated alkanes) is 1. The molecule has 38 heavy (non-hydrogen) atoms. The van der Waals surface area contributed by atoms with Crippen LogP contribution >= 0.6 is 0 Å². The number of allylic oxidation sites excluding steroid dienone is 1. The summed E-state index contributed by atoms with van der Waals surface area (Å²) in [6, 6.07) is 22.2. The lowest BCUT2D eigenvalue weighted by molar-refractivity contribution is -0.145. The Kier molecular flexibility index (Phi) is 8.58. The maximum absolute atomic E-state index is 13.5. The number of carboxylic acids is 1. The first kappa shape index (κ1) is 26.7. The molecule has 0 amide bonds. The predicted molar refractivity (Wildman–Crippen MR) is 148 cm³/mol. The van der Waals surface area contributed by atoms with Gasteiger partial charge < -0.3 is 9.84 Å². The summed E-state index contributed by atoms with van der Waals surface area (Å²) in [5.41, 5.74) is 3.81. The van der Waals surface area contributed by atoms with Gasteiger partial charge in [0.05, 0.1) is 12.2 Å². The molecule has 4 rings (SSSR count). The summed E-state index contributed by atoms with van der Waals surface area (Å²) in [7, 11) is 0. The number of nitrogens with zero attached hydrogens (tertiary/aromatic N) is 3. The largest absolute Gasteiger partial charge is 0.478 e. The SMILES string of the molecule is C=CCc1cc(Cn2c(CCCC)nn(-c3ccccc3C)c2=O)ccc1OC(C(=O)O)c1ccccc1. The smallest absolute Gasteiger partial charge is 0.351 e. The van der Waals surface area contributed by atoms with Crippen molar-refractivity contribution in [3.05, 3.63) is 124 Å². The Labute approximate surface area is 222 Å². The van der Waals surface area contributed by atoms with Crippen LogP contribution in [0.2, 0.25) is 0 Å². The zero-order valence-electron chi connectivity index (χ0n) is 21.8. The van der Waals surface area contributed by atoms with Crippen LogP contribution in [0.15, 0.2) is 90.2 Å². The zero-order valence-corrected chi connectivity index (χ0v) is 21.8. The van der Waals surface area contributed by atoms with Crippen LogP contribution in [0.1, 0.15) is 53.9 Å². The number of ether oxygens (including phenoxy) is 1. The highest BCUT2D eigenvalue weighted by molar-refractivity contribution is 5.75. The third-order valence-corrected chi connectivity index (χ3v) is 6.44. The van der Waals surface area contributed by atoms with Gasteiger partial charge in [-0.1, -0.05) is 74.0 Å². The lowest BCUT2D eigenvalue weighted by Crippen LogP contribution is -2.25. The number of aryl methyl sites for hydroxylation is 2. The Bertz CT molecular complexity index is 1470. The van der Waals surface area contributed by atoms with Crippen molar-refractivity contribution >= 4 is 5.97 Å². The molecule has 196 valence electrons. The highest BCUT2D eigenvalue weighted by atomic mass is 16.5. The second-order valence-electron chi connectivity index (χ2n) is 9.27. The molecule has 0 bridgehead atoms. The van der Waals surface area contributed by atoms with E-state index < -0.39 is 12.1 Å². The Morgan fingerprint density at radius 2 is 1.84 bits per heavy atom. The lowest BCUT2D eigenvalue weighted by Gasteiger charge is -2.18. The first-order valence-corrected chi connectivity index (χ1v) is 12.8. The molecule has 0 fully saturated rings. The van der Waals surface area contributed by atoms with Gasteiger partial charge in [0.2, 0.25) is 6.10 Å². The number of hydrogen-bond acceptors (Lipinski definition) is 4. The molecular formula is C31H33N3O4. The molecule has 1 atom stereocenters. The first-order valence-electron chi connectivity index (χ1n) is 12.8. The van der Waals surface area contributed by atoms with Crippen molar-refractivity contribution in [3.63, 3.8) is 0 Å². The summed E-state index contributed by atoms with van der Waals surface area (Å²) >= 11 is 0. The standard InChI is InChI=1S/C31H33N3O4/c1-4-6-17-28-32-34(26-16-11-10-13-22(26)3)31(37)33(28)21-23-18-19-27(25(20-23)12-5-2)38-29(30(35)36)24-14-8-7-9-15-24/h5,7-11,13-16,18-20,29H,2,4,6,12,17,21H2,1,3H3,(H,35,36).